The average molecular weight is 542 g/mol. The van der Waals surface area contributed by atoms with E-state index in [0.717, 1.165) is 74.9 Å². The molecule has 1 saturated carbocycles. The molecule has 1 aliphatic carbocycles. The molecule has 6 nitrogen and oxygen atoms in total. The Morgan fingerprint density at radius 2 is 1.86 bits per heavy atom. The molecule has 3 heterocycles. The fraction of sp³-hybridized carbons (Fsp3) is 0.241. The van der Waals surface area contributed by atoms with Gasteiger partial charge in [0.05, 0.1) is 17.9 Å². The quantitative estimate of drug-likeness (QED) is 0.254. The van der Waals surface area contributed by atoms with E-state index in [1.165, 1.54) is 0 Å². The van der Waals surface area contributed by atoms with E-state index >= 15 is 0 Å². The number of nitrogens with zero attached hydrogens (tertiary/aromatic N) is 2. The van der Waals surface area contributed by atoms with Crippen LogP contribution in [-0.4, -0.2) is 27.5 Å². The number of imidazole rings is 1. The molecule has 0 radical (unpaired) electrons. The predicted octanol–water partition coefficient (Wildman–Crippen LogP) is 7.60. The summed E-state index contributed by atoms with van der Waals surface area (Å²) in [6.07, 6.45) is 4.79. The standard InChI is InChI=1S/C29H24BrN3O3/c30-20-7-9-22-21-8-6-19(12-25(21)36-26(22)13-20)23-15-31-27(32-23)24-14-29(10-11-29)17-33(24)28(34)35-16-18-4-2-1-3-5-18/h1-9,12-13,15,24H,10-11,14,16-17H2,(H,31,32)/t24-/m0/s1. The molecule has 1 amide bonds. The summed E-state index contributed by atoms with van der Waals surface area (Å²) in [5.74, 6) is 0.805. The fourth-order valence-electron chi connectivity index (χ4n) is 5.40. The maximum Gasteiger partial charge on any atom is 0.410 e. The lowest BCUT2D eigenvalue weighted by molar-refractivity contribution is 0.0899. The first-order valence-corrected chi connectivity index (χ1v) is 13.0. The summed E-state index contributed by atoms with van der Waals surface area (Å²) in [5.41, 5.74) is 4.79. The molecule has 3 aromatic carbocycles. The summed E-state index contributed by atoms with van der Waals surface area (Å²) in [7, 11) is 0. The number of hydrogen-bond donors (Lipinski definition) is 1. The number of likely N-dealkylation sites (tertiary alicyclic amines) is 1. The van der Waals surface area contributed by atoms with E-state index in [2.05, 4.69) is 39.1 Å². The van der Waals surface area contributed by atoms with Crippen molar-refractivity contribution in [2.75, 3.05) is 6.54 Å². The number of amides is 1. The van der Waals surface area contributed by atoms with Crippen LogP contribution in [0.25, 0.3) is 33.2 Å². The van der Waals surface area contributed by atoms with Crippen molar-refractivity contribution in [3.05, 3.63) is 88.8 Å². The number of fused-ring (bicyclic) bond motifs is 3. The van der Waals surface area contributed by atoms with Gasteiger partial charge in [0.1, 0.15) is 23.6 Å². The van der Waals surface area contributed by atoms with Crippen LogP contribution in [0.15, 0.2) is 81.8 Å². The zero-order chi connectivity index (χ0) is 24.3. The molecule has 2 aromatic heterocycles. The highest BCUT2D eigenvalue weighted by molar-refractivity contribution is 9.10. The summed E-state index contributed by atoms with van der Waals surface area (Å²) in [4.78, 5) is 23.2. The number of carbonyl (C=O) groups excluding carboxylic acids is 1. The van der Waals surface area contributed by atoms with Crippen LogP contribution >= 0.6 is 15.9 Å². The molecule has 1 aliphatic heterocycles. The molecular formula is C29H24BrN3O3. The Morgan fingerprint density at radius 1 is 1.08 bits per heavy atom. The fourth-order valence-corrected chi connectivity index (χ4v) is 5.74. The molecular weight excluding hydrogens is 518 g/mol. The Morgan fingerprint density at radius 3 is 2.67 bits per heavy atom. The summed E-state index contributed by atoms with van der Waals surface area (Å²) in [5, 5.41) is 2.18. The van der Waals surface area contributed by atoms with Crippen LogP contribution in [-0.2, 0) is 11.3 Å². The number of furan rings is 1. The Labute approximate surface area is 216 Å². The Kier molecular flexibility index (Phi) is 4.96. The zero-order valence-electron chi connectivity index (χ0n) is 19.5. The van der Waals surface area contributed by atoms with Crippen molar-refractivity contribution >= 4 is 44.0 Å². The second-order valence-corrected chi connectivity index (χ2v) is 10.9. The van der Waals surface area contributed by atoms with Crippen LogP contribution in [0.3, 0.4) is 0 Å². The Balaban J connectivity index is 1.15. The zero-order valence-corrected chi connectivity index (χ0v) is 21.1. The first-order chi connectivity index (χ1) is 17.6. The van der Waals surface area contributed by atoms with E-state index in [9.17, 15) is 4.79 Å². The highest BCUT2D eigenvalue weighted by atomic mass is 79.9. The van der Waals surface area contributed by atoms with Crippen LogP contribution in [0.4, 0.5) is 4.79 Å². The minimum atomic E-state index is -0.277. The van der Waals surface area contributed by atoms with Gasteiger partial charge < -0.3 is 14.1 Å². The number of aromatic amines is 1. The number of aromatic nitrogens is 2. The molecule has 2 aliphatic rings. The van der Waals surface area contributed by atoms with E-state index < -0.39 is 0 Å². The summed E-state index contributed by atoms with van der Waals surface area (Å²) in [6, 6.07) is 22.0. The van der Waals surface area contributed by atoms with Crippen molar-refractivity contribution in [3.63, 3.8) is 0 Å². The average Bonchev–Trinajstić information content (AvgIpc) is 3.22. The van der Waals surface area contributed by atoms with E-state index in [-0.39, 0.29) is 24.2 Å². The van der Waals surface area contributed by atoms with E-state index in [1.54, 1.807) is 0 Å². The Bertz CT molecular complexity index is 1600. The molecule has 7 heteroatoms. The number of halogens is 1. The van der Waals surface area contributed by atoms with Crippen LogP contribution in [0.1, 0.15) is 36.7 Å². The summed E-state index contributed by atoms with van der Waals surface area (Å²) < 4.78 is 12.8. The van der Waals surface area contributed by atoms with E-state index in [0.29, 0.717) is 0 Å². The van der Waals surface area contributed by atoms with Crippen molar-refractivity contribution in [3.8, 4) is 11.3 Å². The number of hydrogen-bond acceptors (Lipinski definition) is 4. The van der Waals surface area contributed by atoms with Gasteiger partial charge in [-0.05, 0) is 60.6 Å². The SMILES string of the molecule is O=C(OCc1ccccc1)N1CC2(CC2)C[C@H]1c1ncc(-c2ccc3c(c2)oc2cc(Br)ccc23)[nH]1. The van der Waals surface area contributed by atoms with Gasteiger partial charge in [-0.15, -0.1) is 0 Å². The minimum Gasteiger partial charge on any atom is -0.456 e. The largest absolute Gasteiger partial charge is 0.456 e. The van der Waals surface area contributed by atoms with Gasteiger partial charge in [0.25, 0.3) is 0 Å². The number of benzene rings is 3. The topological polar surface area (TPSA) is 71.4 Å². The van der Waals surface area contributed by atoms with E-state index in [1.807, 2.05) is 59.6 Å². The second-order valence-electron chi connectivity index (χ2n) is 10.0. The third-order valence-electron chi connectivity index (χ3n) is 7.56. The normalized spacial score (nSPS) is 18.4. The second kappa shape index (κ2) is 8.23. The first-order valence-electron chi connectivity index (χ1n) is 12.2. The highest BCUT2D eigenvalue weighted by Gasteiger charge is 2.54. The molecule has 7 rings (SSSR count). The molecule has 0 bridgehead atoms. The van der Waals surface area contributed by atoms with Gasteiger partial charge >= 0.3 is 6.09 Å². The van der Waals surface area contributed by atoms with Gasteiger partial charge in [-0.2, -0.15) is 0 Å². The summed E-state index contributed by atoms with van der Waals surface area (Å²) >= 11 is 3.51. The Hall–Kier alpha value is -3.58. The molecule has 180 valence electrons. The third kappa shape index (κ3) is 3.78. The lowest BCUT2D eigenvalue weighted by Crippen LogP contribution is -2.32. The number of H-pyrrole nitrogens is 1. The van der Waals surface area contributed by atoms with Gasteiger partial charge in [-0.3, -0.25) is 4.90 Å². The molecule has 2 fully saturated rings. The van der Waals surface area contributed by atoms with Crippen molar-refractivity contribution < 1.29 is 13.9 Å². The maximum atomic E-state index is 13.1. The molecule has 1 atom stereocenters. The molecule has 5 aromatic rings. The molecule has 1 saturated heterocycles. The molecule has 1 N–H and O–H groups in total. The van der Waals surface area contributed by atoms with Crippen LogP contribution in [0.2, 0.25) is 0 Å². The van der Waals surface area contributed by atoms with Crippen LogP contribution in [0.5, 0.6) is 0 Å². The lowest BCUT2D eigenvalue weighted by Gasteiger charge is -2.22. The van der Waals surface area contributed by atoms with Gasteiger partial charge in [0.2, 0.25) is 0 Å². The molecule has 0 unspecified atom stereocenters. The van der Waals surface area contributed by atoms with Crippen LogP contribution < -0.4 is 0 Å². The van der Waals surface area contributed by atoms with Crippen molar-refractivity contribution in [1.82, 2.24) is 14.9 Å². The van der Waals surface area contributed by atoms with Crippen LogP contribution in [0, 0.1) is 5.41 Å². The molecule has 36 heavy (non-hydrogen) atoms. The predicted molar refractivity (Wildman–Crippen MR) is 141 cm³/mol. The van der Waals surface area contributed by atoms with E-state index in [4.69, 9.17) is 14.1 Å². The van der Waals surface area contributed by atoms with Gasteiger partial charge in [-0.1, -0.05) is 52.3 Å². The number of nitrogens with one attached hydrogen (secondary N) is 1. The monoisotopic (exact) mass is 541 g/mol. The number of rotatable bonds is 4. The number of carbonyl (C=O) groups is 1. The van der Waals surface area contributed by atoms with Gasteiger partial charge in [0, 0.05) is 27.4 Å². The van der Waals surface area contributed by atoms with Gasteiger partial charge in [0.15, 0.2) is 0 Å². The highest BCUT2D eigenvalue weighted by Crippen LogP contribution is 2.58. The molecule has 1 spiro atoms. The smallest absolute Gasteiger partial charge is 0.410 e. The number of ether oxygens (including phenoxy) is 1. The third-order valence-corrected chi connectivity index (χ3v) is 8.06. The summed E-state index contributed by atoms with van der Waals surface area (Å²) in [6.45, 7) is 0.995. The lowest BCUT2D eigenvalue weighted by atomic mass is 10.0. The first kappa shape index (κ1) is 21.7. The maximum absolute atomic E-state index is 13.1. The van der Waals surface area contributed by atoms with Crippen molar-refractivity contribution in [1.29, 1.82) is 0 Å². The minimum absolute atomic E-state index is 0.114. The van der Waals surface area contributed by atoms with Crippen molar-refractivity contribution in [2.24, 2.45) is 5.41 Å². The van der Waals surface area contributed by atoms with Crippen molar-refractivity contribution in [2.45, 2.75) is 31.9 Å². The van der Waals surface area contributed by atoms with Gasteiger partial charge in [-0.25, -0.2) is 9.78 Å².